The number of benzene rings is 2. The number of halogens is 2. The second kappa shape index (κ2) is 9.07. The number of piperidine rings is 1. The van der Waals surface area contributed by atoms with E-state index in [2.05, 4.69) is 36.3 Å². The number of hydrogen-bond acceptors (Lipinski definition) is 5. The van der Waals surface area contributed by atoms with Gasteiger partial charge in [0.25, 0.3) is 0 Å². The van der Waals surface area contributed by atoms with Gasteiger partial charge in [0.15, 0.2) is 0 Å². The Labute approximate surface area is 182 Å². The summed E-state index contributed by atoms with van der Waals surface area (Å²) >= 11 is 9.32. The van der Waals surface area contributed by atoms with Crippen molar-refractivity contribution in [3.05, 3.63) is 63.9 Å². The van der Waals surface area contributed by atoms with Crippen molar-refractivity contribution < 1.29 is 9.32 Å². The summed E-state index contributed by atoms with van der Waals surface area (Å²) in [6.45, 7) is 2.22. The molecule has 1 saturated heterocycles. The third kappa shape index (κ3) is 5.23. The van der Waals surface area contributed by atoms with Crippen molar-refractivity contribution in [1.29, 1.82) is 0 Å². The molecule has 0 radical (unpaired) electrons. The van der Waals surface area contributed by atoms with E-state index in [9.17, 15) is 4.79 Å². The normalized spacial score (nSPS) is 15.4. The van der Waals surface area contributed by atoms with Crippen molar-refractivity contribution in [2.75, 3.05) is 18.4 Å². The Bertz CT molecular complexity index is 967. The Hall–Kier alpha value is -2.22. The van der Waals surface area contributed by atoms with Crippen LogP contribution in [-0.4, -0.2) is 34.0 Å². The molecule has 0 saturated carbocycles. The molecule has 6 nitrogen and oxygen atoms in total. The fourth-order valence-electron chi connectivity index (χ4n) is 3.36. The topological polar surface area (TPSA) is 71.3 Å². The number of nitrogens with zero attached hydrogens (tertiary/aromatic N) is 3. The summed E-state index contributed by atoms with van der Waals surface area (Å²) in [5.74, 6) is 1.23. The molecule has 1 aliphatic heterocycles. The number of amides is 1. The molecule has 0 atom stereocenters. The quantitative estimate of drug-likeness (QED) is 0.562. The fraction of sp³-hybridized carbons (Fsp3) is 0.286. The van der Waals surface area contributed by atoms with Crippen LogP contribution < -0.4 is 5.32 Å². The summed E-state index contributed by atoms with van der Waals surface area (Å²) in [5.41, 5.74) is 1.69. The van der Waals surface area contributed by atoms with Gasteiger partial charge in [-0.25, -0.2) is 0 Å². The summed E-state index contributed by atoms with van der Waals surface area (Å²) in [6.07, 6.45) is 1.61. The Morgan fingerprint density at radius 1 is 1.14 bits per heavy atom. The van der Waals surface area contributed by atoms with E-state index in [1.54, 1.807) is 12.1 Å². The standard InChI is InChI=1S/C21H20BrClN4O2/c22-16-3-7-18(8-4-16)24-21(28)15-9-11-27(12-10-15)13-19-25-20(26-29-19)14-1-5-17(23)6-2-14/h1-8,15H,9-13H2,(H,24,28). The zero-order valence-corrected chi connectivity index (χ0v) is 18.0. The lowest BCUT2D eigenvalue weighted by Crippen LogP contribution is -2.37. The largest absolute Gasteiger partial charge is 0.338 e. The highest BCUT2D eigenvalue weighted by molar-refractivity contribution is 9.10. The molecule has 29 heavy (non-hydrogen) atoms. The van der Waals surface area contributed by atoms with Crippen LogP contribution >= 0.6 is 27.5 Å². The molecule has 1 N–H and O–H groups in total. The summed E-state index contributed by atoms with van der Waals surface area (Å²) < 4.78 is 6.39. The summed E-state index contributed by atoms with van der Waals surface area (Å²) in [6, 6.07) is 15.0. The van der Waals surface area contributed by atoms with E-state index in [-0.39, 0.29) is 11.8 Å². The molecule has 2 aromatic carbocycles. The van der Waals surface area contributed by atoms with Gasteiger partial charge < -0.3 is 9.84 Å². The van der Waals surface area contributed by atoms with Gasteiger partial charge in [-0.3, -0.25) is 9.69 Å². The predicted molar refractivity (Wildman–Crippen MR) is 116 cm³/mol. The summed E-state index contributed by atoms with van der Waals surface area (Å²) in [5, 5.41) is 7.73. The SMILES string of the molecule is O=C(Nc1ccc(Br)cc1)C1CCN(Cc2nc(-c3ccc(Cl)cc3)no2)CC1. The van der Waals surface area contributed by atoms with Gasteiger partial charge in [-0.05, 0) is 74.5 Å². The van der Waals surface area contributed by atoms with Gasteiger partial charge in [0.1, 0.15) is 0 Å². The molecule has 8 heteroatoms. The van der Waals surface area contributed by atoms with E-state index < -0.39 is 0 Å². The first kappa shape index (κ1) is 20.1. The molecular weight excluding hydrogens is 456 g/mol. The lowest BCUT2D eigenvalue weighted by atomic mass is 9.96. The number of hydrogen-bond donors (Lipinski definition) is 1. The van der Waals surface area contributed by atoms with Gasteiger partial charge in [0, 0.05) is 26.7 Å². The van der Waals surface area contributed by atoms with Crippen LogP contribution in [0.1, 0.15) is 18.7 Å². The van der Waals surface area contributed by atoms with E-state index >= 15 is 0 Å². The molecule has 4 rings (SSSR count). The number of likely N-dealkylation sites (tertiary alicyclic amines) is 1. The monoisotopic (exact) mass is 474 g/mol. The number of anilines is 1. The van der Waals surface area contributed by atoms with E-state index in [1.807, 2.05) is 36.4 Å². The maximum atomic E-state index is 12.5. The second-order valence-electron chi connectivity index (χ2n) is 7.07. The first-order chi connectivity index (χ1) is 14.1. The van der Waals surface area contributed by atoms with Crippen molar-refractivity contribution in [2.24, 2.45) is 5.92 Å². The average Bonchev–Trinajstić information content (AvgIpc) is 3.19. The van der Waals surface area contributed by atoms with Gasteiger partial charge in [0.05, 0.1) is 6.54 Å². The minimum atomic E-state index is 0.0159. The molecule has 3 aromatic rings. The molecule has 1 fully saturated rings. The minimum Gasteiger partial charge on any atom is -0.338 e. The minimum absolute atomic E-state index is 0.0159. The molecule has 0 spiro atoms. The number of aromatic nitrogens is 2. The van der Waals surface area contributed by atoms with Gasteiger partial charge in [0.2, 0.25) is 17.6 Å². The Morgan fingerprint density at radius 3 is 2.52 bits per heavy atom. The van der Waals surface area contributed by atoms with Crippen LogP contribution in [0.5, 0.6) is 0 Å². The molecule has 0 aliphatic carbocycles. The van der Waals surface area contributed by atoms with Crippen LogP contribution in [0.25, 0.3) is 11.4 Å². The van der Waals surface area contributed by atoms with E-state index in [0.29, 0.717) is 23.3 Å². The highest BCUT2D eigenvalue weighted by Crippen LogP contribution is 2.23. The Morgan fingerprint density at radius 2 is 1.83 bits per heavy atom. The van der Waals surface area contributed by atoms with Crippen molar-refractivity contribution in [1.82, 2.24) is 15.0 Å². The molecule has 1 aromatic heterocycles. The maximum Gasteiger partial charge on any atom is 0.241 e. The van der Waals surface area contributed by atoms with E-state index in [4.69, 9.17) is 16.1 Å². The number of rotatable bonds is 5. The zero-order chi connectivity index (χ0) is 20.2. The third-order valence-electron chi connectivity index (χ3n) is 5.00. The van der Waals surface area contributed by atoms with Crippen molar-refractivity contribution in [3.63, 3.8) is 0 Å². The van der Waals surface area contributed by atoms with Crippen LogP contribution in [0.3, 0.4) is 0 Å². The Balaban J connectivity index is 1.28. The number of carbonyl (C=O) groups is 1. The smallest absolute Gasteiger partial charge is 0.241 e. The Kier molecular flexibility index (Phi) is 6.28. The van der Waals surface area contributed by atoms with Crippen LogP contribution in [-0.2, 0) is 11.3 Å². The lowest BCUT2D eigenvalue weighted by molar-refractivity contribution is -0.121. The number of carbonyl (C=O) groups excluding carboxylic acids is 1. The van der Waals surface area contributed by atoms with Crippen molar-refractivity contribution in [3.8, 4) is 11.4 Å². The first-order valence-electron chi connectivity index (χ1n) is 9.44. The highest BCUT2D eigenvalue weighted by Gasteiger charge is 2.26. The zero-order valence-electron chi connectivity index (χ0n) is 15.6. The molecule has 1 amide bonds. The van der Waals surface area contributed by atoms with Crippen LogP contribution in [0.15, 0.2) is 57.5 Å². The van der Waals surface area contributed by atoms with Gasteiger partial charge >= 0.3 is 0 Å². The fourth-order valence-corrected chi connectivity index (χ4v) is 3.75. The molecule has 2 heterocycles. The molecular formula is C21H20BrClN4O2. The van der Waals surface area contributed by atoms with Gasteiger partial charge in [-0.1, -0.05) is 32.7 Å². The lowest BCUT2D eigenvalue weighted by Gasteiger charge is -2.30. The third-order valence-corrected chi connectivity index (χ3v) is 5.78. The van der Waals surface area contributed by atoms with E-state index in [0.717, 1.165) is 41.7 Å². The van der Waals surface area contributed by atoms with E-state index in [1.165, 1.54) is 0 Å². The average molecular weight is 476 g/mol. The van der Waals surface area contributed by atoms with Crippen molar-refractivity contribution >= 4 is 39.1 Å². The van der Waals surface area contributed by atoms with Gasteiger partial charge in [-0.2, -0.15) is 4.98 Å². The molecule has 0 unspecified atom stereocenters. The van der Waals surface area contributed by atoms with Crippen LogP contribution in [0, 0.1) is 5.92 Å². The molecule has 150 valence electrons. The molecule has 1 aliphatic rings. The van der Waals surface area contributed by atoms with Crippen LogP contribution in [0.2, 0.25) is 5.02 Å². The number of nitrogens with one attached hydrogen (secondary N) is 1. The highest BCUT2D eigenvalue weighted by atomic mass is 79.9. The predicted octanol–water partition coefficient (Wildman–Crippen LogP) is 5.00. The second-order valence-corrected chi connectivity index (χ2v) is 8.42. The van der Waals surface area contributed by atoms with Gasteiger partial charge in [-0.15, -0.1) is 0 Å². The summed E-state index contributed by atoms with van der Waals surface area (Å²) in [7, 11) is 0. The summed E-state index contributed by atoms with van der Waals surface area (Å²) in [4.78, 5) is 19.2. The van der Waals surface area contributed by atoms with Crippen molar-refractivity contribution in [2.45, 2.75) is 19.4 Å². The first-order valence-corrected chi connectivity index (χ1v) is 10.6. The van der Waals surface area contributed by atoms with Crippen LogP contribution in [0.4, 0.5) is 5.69 Å². The molecule has 0 bridgehead atoms. The maximum absolute atomic E-state index is 12.5.